The highest BCUT2D eigenvalue weighted by molar-refractivity contribution is 7.80. The summed E-state index contributed by atoms with van der Waals surface area (Å²) in [5.74, 6) is 1.45. The number of hydrogen-bond acceptors (Lipinski definition) is 5. The number of benzene rings is 2. The normalized spacial score (nSPS) is 15.4. The maximum absolute atomic E-state index is 13.0. The van der Waals surface area contributed by atoms with E-state index < -0.39 is 11.8 Å². The second-order valence-corrected chi connectivity index (χ2v) is 6.91. The molecule has 0 radical (unpaired) electrons. The predicted molar refractivity (Wildman–Crippen MR) is 117 cm³/mol. The fraction of sp³-hybridized carbons (Fsp3) is 0.0870. The maximum atomic E-state index is 13.0. The van der Waals surface area contributed by atoms with Gasteiger partial charge in [-0.25, -0.2) is 0 Å². The fourth-order valence-corrected chi connectivity index (χ4v) is 3.27. The van der Waals surface area contributed by atoms with Crippen LogP contribution in [0.5, 0.6) is 11.5 Å². The molecule has 2 heterocycles. The average Bonchev–Trinajstić information content (AvgIpc) is 3.21. The van der Waals surface area contributed by atoms with Crippen molar-refractivity contribution in [2.45, 2.75) is 13.3 Å². The number of aryl methyl sites for hydroxylation is 1. The minimum atomic E-state index is -0.556. The van der Waals surface area contributed by atoms with E-state index in [2.05, 4.69) is 5.32 Å². The smallest absolute Gasteiger partial charge is 0.270 e. The van der Waals surface area contributed by atoms with Gasteiger partial charge in [-0.05, 0) is 66.8 Å². The van der Waals surface area contributed by atoms with Crippen LogP contribution in [-0.4, -0.2) is 16.9 Å². The molecule has 0 unspecified atom stereocenters. The van der Waals surface area contributed by atoms with Crippen molar-refractivity contribution in [1.29, 1.82) is 0 Å². The number of carbonyl (C=O) groups excluding carboxylic acids is 2. The van der Waals surface area contributed by atoms with E-state index in [1.54, 1.807) is 30.3 Å². The third-order valence-corrected chi connectivity index (χ3v) is 4.78. The van der Waals surface area contributed by atoms with Crippen LogP contribution in [0.15, 0.2) is 76.7 Å². The highest BCUT2D eigenvalue weighted by Gasteiger charge is 2.34. The first-order chi connectivity index (χ1) is 14.5. The Morgan fingerprint density at radius 1 is 1.00 bits per heavy atom. The molecule has 0 spiro atoms. The summed E-state index contributed by atoms with van der Waals surface area (Å²) in [4.78, 5) is 26.7. The van der Waals surface area contributed by atoms with Crippen LogP contribution in [-0.2, 0) is 16.0 Å². The van der Waals surface area contributed by atoms with E-state index in [0.717, 1.165) is 12.2 Å². The molecule has 0 atom stereocenters. The maximum Gasteiger partial charge on any atom is 0.270 e. The van der Waals surface area contributed by atoms with Gasteiger partial charge in [0, 0.05) is 6.42 Å². The zero-order chi connectivity index (χ0) is 21.1. The predicted octanol–water partition coefficient (Wildman–Crippen LogP) is 4.47. The average molecular weight is 418 g/mol. The number of anilines is 1. The Morgan fingerprint density at radius 2 is 1.70 bits per heavy atom. The molecule has 0 aliphatic carbocycles. The highest BCUT2D eigenvalue weighted by atomic mass is 32.1. The van der Waals surface area contributed by atoms with Gasteiger partial charge in [-0.15, -0.1) is 0 Å². The molecule has 7 heteroatoms. The number of rotatable bonds is 5. The molecule has 1 aliphatic heterocycles. The van der Waals surface area contributed by atoms with Gasteiger partial charge in [0.25, 0.3) is 11.8 Å². The summed E-state index contributed by atoms with van der Waals surface area (Å²) in [6.07, 6.45) is 2.15. The summed E-state index contributed by atoms with van der Waals surface area (Å²) < 4.78 is 11.4. The minimum Gasteiger partial charge on any atom is -0.462 e. The van der Waals surface area contributed by atoms with E-state index in [4.69, 9.17) is 21.4 Å². The second kappa shape index (κ2) is 8.34. The highest BCUT2D eigenvalue weighted by Crippen LogP contribution is 2.27. The lowest BCUT2D eigenvalue weighted by atomic mass is 10.1. The number of para-hydroxylation sites is 1. The van der Waals surface area contributed by atoms with Crippen LogP contribution in [0.4, 0.5) is 5.69 Å². The Morgan fingerprint density at radius 3 is 2.37 bits per heavy atom. The molecule has 30 heavy (non-hydrogen) atoms. The Balaban J connectivity index is 1.58. The van der Waals surface area contributed by atoms with E-state index in [-0.39, 0.29) is 10.7 Å². The second-order valence-electron chi connectivity index (χ2n) is 6.52. The molecule has 1 fully saturated rings. The zero-order valence-corrected chi connectivity index (χ0v) is 16.9. The monoisotopic (exact) mass is 418 g/mol. The number of hydrogen-bond donors (Lipinski definition) is 1. The lowest BCUT2D eigenvalue weighted by molar-refractivity contribution is -0.122. The summed E-state index contributed by atoms with van der Waals surface area (Å²) in [5.41, 5.74) is 0.468. The van der Waals surface area contributed by atoms with Gasteiger partial charge >= 0.3 is 0 Å². The molecule has 4 rings (SSSR count). The standard InChI is InChI=1S/C23H18N2O4S/c1-2-16-12-13-19(28-16)14-20-21(26)24-23(30)25(22(20)27)15-8-10-18(11-9-15)29-17-6-4-3-5-7-17/h3-14H,2H2,1H3,(H,24,26,30). The van der Waals surface area contributed by atoms with Crippen LogP contribution in [0.2, 0.25) is 0 Å². The molecular formula is C23H18N2O4S. The quantitative estimate of drug-likeness (QED) is 0.376. The minimum absolute atomic E-state index is 0.0209. The van der Waals surface area contributed by atoms with Gasteiger partial charge in [-0.2, -0.15) is 0 Å². The Labute approximate surface area is 178 Å². The van der Waals surface area contributed by atoms with Gasteiger partial charge in [0.15, 0.2) is 5.11 Å². The van der Waals surface area contributed by atoms with Crippen molar-refractivity contribution >= 4 is 40.9 Å². The van der Waals surface area contributed by atoms with Crippen molar-refractivity contribution < 1.29 is 18.7 Å². The largest absolute Gasteiger partial charge is 0.462 e. The van der Waals surface area contributed by atoms with E-state index in [9.17, 15) is 9.59 Å². The molecule has 150 valence electrons. The number of thiocarbonyl (C=S) groups is 1. The van der Waals surface area contributed by atoms with E-state index in [0.29, 0.717) is 22.9 Å². The lowest BCUT2D eigenvalue weighted by Crippen LogP contribution is -2.54. The number of carbonyl (C=O) groups is 2. The number of nitrogens with zero attached hydrogens (tertiary/aromatic N) is 1. The molecule has 1 saturated heterocycles. The van der Waals surface area contributed by atoms with Gasteiger partial charge in [0.05, 0.1) is 5.69 Å². The van der Waals surface area contributed by atoms with E-state index in [1.165, 1.54) is 11.0 Å². The third-order valence-electron chi connectivity index (χ3n) is 4.49. The molecule has 2 amide bonds. The van der Waals surface area contributed by atoms with Gasteiger partial charge < -0.3 is 9.15 Å². The van der Waals surface area contributed by atoms with Gasteiger partial charge in [-0.1, -0.05) is 25.1 Å². The van der Waals surface area contributed by atoms with Gasteiger partial charge in [-0.3, -0.25) is 19.8 Å². The Kier molecular flexibility index (Phi) is 5.45. The molecule has 1 aliphatic rings. The number of furan rings is 1. The summed E-state index contributed by atoms with van der Waals surface area (Å²) in [5, 5.41) is 2.58. The summed E-state index contributed by atoms with van der Waals surface area (Å²) in [6, 6.07) is 19.8. The molecule has 2 aromatic carbocycles. The Hall–Kier alpha value is -3.71. The first kappa shape index (κ1) is 19.6. The van der Waals surface area contributed by atoms with Crippen molar-refractivity contribution in [2.75, 3.05) is 4.90 Å². The number of ether oxygens (including phenoxy) is 1. The summed E-state index contributed by atoms with van der Waals surface area (Å²) >= 11 is 5.23. The van der Waals surface area contributed by atoms with Crippen LogP contribution in [0.3, 0.4) is 0 Å². The van der Waals surface area contributed by atoms with Crippen molar-refractivity contribution in [2.24, 2.45) is 0 Å². The van der Waals surface area contributed by atoms with Crippen molar-refractivity contribution in [1.82, 2.24) is 5.32 Å². The van der Waals surface area contributed by atoms with Crippen LogP contribution in [0.25, 0.3) is 6.08 Å². The molecule has 1 N–H and O–H groups in total. The van der Waals surface area contributed by atoms with Crippen LogP contribution < -0.4 is 15.0 Å². The van der Waals surface area contributed by atoms with E-state index in [1.807, 2.05) is 43.3 Å². The summed E-state index contributed by atoms with van der Waals surface area (Å²) in [6.45, 7) is 1.96. The molecule has 1 aromatic heterocycles. The first-order valence-corrected chi connectivity index (χ1v) is 9.79. The molecule has 6 nitrogen and oxygen atoms in total. The van der Waals surface area contributed by atoms with Gasteiger partial charge in [0.2, 0.25) is 0 Å². The van der Waals surface area contributed by atoms with Crippen LogP contribution in [0, 0.1) is 0 Å². The van der Waals surface area contributed by atoms with Crippen molar-refractivity contribution in [3.05, 3.63) is 83.8 Å². The van der Waals surface area contributed by atoms with Crippen LogP contribution in [0.1, 0.15) is 18.4 Å². The molecule has 3 aromatic rings. The van der Waals surface area contributed by atoms with Crippen molar-refractivity contribution in [3.63, 3.8) is 0 Å². The van der Waals surface area contributed by atoms with E-state index >= 15 is 0 Å². The summed E-state index contributed by atoms with van der Waals surface area (Å²) in [7, 11) is 0. The molecule has 0 saturated carbocycles. The topological polar surface area (TPSA) is 71.8 Å². The molecular weight excluding hydrogens is 400 g/mol. The van der Waals surface area contributed by atoms with Crippen molar-refractivity contribution in [3.8, 4) is 11.5 Å². The third kappa shape index (κ3) is 4.01. The first-order valence-electron chi connectivity index (χ1n) is 9.38. The number of amides is 2. The lowest BCUT2D eigenvalue weighted by Gasteiger charge is -2.28. The fourth-order valence-electron chi connectivity index (χ4n) is 2.98. The SMILES string of the molecule is CCc1ccc(C=C2C(=O)NC(=S)N(c3ccc(Oc4ccccc4)cc3)C2=O)o1. The van der Waals surface area contributed by atoms with Gasteiger partial charge in [0.1, 0.15) is 28.6 Å². The zero-order valence-electron chi connectivity index (χ0n) is 16.1. The van der Waals surface area contributed by atoms with Crippen LogP contribution >= 0.6 is 12.2 Å². The molecule has 0 bridgehead atoms. The number of nitrogens with one attached hydrogen (secondary N) is 1. The Bertz CT molecular complexity index is 1130.